The molecular formula is C21H24N2O2. The second-order valence-corrected chi connectivity index (χ2v) is 7.12. The van der Waals surface area contributed by atoms with Crippen molar-refractivity contribution in [2.24, 2.45) is 0 Å². The molecule has 25 heavy (non-hydrogen) atoms. The van der Waals surface area contributed by atoms with Gasteiger partial charge in [-0.1, -0.05) is 24.3 Å². The van der Waals surface area contributed by atoms with Crippen molar-refractivity contribution >= 4 is 0 Å². The third kappa shape index (κ3) is 2.79. The summed E-state index contributed by atoms with van der Waals surface area (Å²) >= 11 is 0. The van der Waals surface area contributed by atoms with E-state index in [9.17, 15) is 0 Å². The van der Waals surface area contributed by atoms with Gasteiger partial charge >= 0.3 is 0 Å². The first kappa shape index (κ1) is 15.2. The second-order valence-electron chi connectivity index (χ2n) is 7.12. The summed E-state index contributed by atoms with van der Waals surface area (Å²) in [4.78, 5) is 2.60. The molecule has 1 saturated heterocycles. The molecule has 0 amide bonds. The molecule has 0 spiro atoms. The molecule has 1 fully saturated rings. The minimum Gasteiger partial charge on any atom is -0.493 e. The highest BCUT2D eigenvalue weighted by molar-refractivity contribution is 5.46. The van der Waals surface area contributed by atoms with E-state index in [0.29, 0.717) is 6.04 Å². The zero-order valence-corrected chi connectivity index (χ0v) is 14.5. The van der Waals surface area contributed by atoms with Crippen molar-refractivity contribution in [1.29, 1.82) is 0 Å². The van der Waals surface area contributed by atoms with Gasteiger partial charge in [-0.2, -0.15) is 0 Å². The molecule has 130 valence electrons. The maximum absolute atomic E-state index is 5.70. The van der Waals surface area contributed by atoms with Crippen molar-refractivity contribution in [3.63, 3.8) is 0 Å². The van der Waals surface area contributed by atoms with E-state index in [1.54, 1.807) is 0 Å². The average molecular weight is 336 g/mol. The van der Waals surface area contributed by atoms with Crippen LogP contribution in [0.4, 0.5) is 0 Å². The van der Waals surface area contributed by atoms with E-state index < -0.39 is 0 Å². The van der Waals surface area contributed by atoms with Gasteiger partial charge in [0.1, 0.15) is 11.5 Å². The summed E-state index contributed by atoms with van der Waals surface area (Å²) in [6.07, 6.45) is 2.05. The first-order chi connectivity index (χ1) is 12.4. The number of nitrogens with one attached hydrogen (secondary N) is 1. The summed E-state index contributed by atoms with van der Waals surface area (Å²) in [5, 5.41) is 3.47. The van der Waals surface area contributed by atoms with Gasteiger partial charge in [0.15, 0.2) is 0 Å². The fraction of sp³-hybridized carbons (Fsp3) is 0.429. The minimum absolute atomic E-state index is 0.305. The lowest BCUT2D eigenvalue weighted by Gasteiger charge is -2.36. The molecule has 4 nitrogen and oxygen atoms in total. The number of ether oxygens (including phenoxy) is 2. The van der Waals surface area contributed by atoms with Gasteiger partial charge in [0.05, 0.1) is 19.3 Å². The highest BCUT2D eigenvalue weighted by atomic mass is 16.5. The van der Waals surface area contributed by atoms with Crippen LogP contribution in [0.25, 0.3) is 0 Å². The molecule has 0 aromatic heterocycles. The Morgan fingerprint density at radius 1 is 0.800 bits per heavy atom. The highest BCUT2D eigenvalue weighted by Gasteiger charge is 2.27. The Balaban J connectivity index is 1.56. The van der Waals surface area contributed by atoms with E-state index >= 15 is 0 Å². The number of nitrogens with zero attached hydrogens (tertiary/aromatic N) is 1. The molecule has 0 bridgehead atoms. The summed E-state index contributed by atoms with van der Waals surface area (Å²) in [5.74, 6) is 2.12. The average Bonchev–Trinajstić information content (AvgIpc) is 3.31. The van der Waals surface area contributed by atoms with Crippen molar-refractivity contribution in [2.75, 3.05) is 39.4 Å². The predicted octanol–water partition coefficient (Wildman–Crippen LogP) is 2.55. The SMILES string of the molecule is c1cc2c(cc1C(c1ccc3c(c1)CCO3)N1CCNCC1)CCO2. The second kappa shape index (κ2) is 6.36. The molecule has 3 heterocycles. The molecule has 0 saturated carbocycles. The number of piperazine rings is 1. The van der Waals surface area contributed by atoms with Crippen LogP contribution in [0.5, 0.6) is 11.5 Å². The van der Waals surface area contributed by atoms with E-state index in [1.807, 2.05) is 0 Å². The van der Waals surface area contributed by atoms with Gasteiger partial charge in [-0.3, -0.25) is 4.90 Å². The van der Waals surface area contributed by atoms with Crippen LogP contribution in [0.1, 0.15) is 28.3 Å². The maximum Gasteiger partial charge on any atom is 0.122 e. The third-order valence-corrected chi connectivity index (χ3v) is 5.58. The number of benzene rings is 2. The molecule has 1 N–H and O–H groups in total. The van der Waals surface area contributed by atoms with Gasteiger partial charge < -0.3 is 14.8 Å². The standard InChI is InChI=1S/C21H24N2O2/c1-3-19-15(5-11-24-19)13-17(1)21(23-9-7-22-8-10-23)18-2-4-20-16(14-18)6-12-25-20/h1-4,13-14,21-22H,5-12H2. The number of rotatable bonds is 3. The molecule has 3 aliphatic rings. The van der Waals surface area contributed by atoms with Crippen LogP contribution in [-0.2, 0) is 12.8 Å². The summed E-state index contributed by atoms with van der Waals surface area (Å²) in [6, 6.07) is 13.8. The molecule has 0 radical (unpaired) electrons. The number of hydrogen-bond donors (Lipinski definition) is 1. The third-order valence-electron chi connectivity index (χ3n) is 5.58. The van der Waals surface area contributed by atoms with Gasteiger partial charge in [-0.25, -0.2) is 0 Å². The van der Waals surface area contributed by atoms with Gasteiger partial charge in [-0.05, 0) is 34.4 Å². The lowest BCUT2D eigenvalue weighted by molar-refractivity contribution is 0.198. The number of hydrogen-bond acceptors (Lipinski definition) is 4. The van der Waals surface area contributed by atoms with Crippen molar-refractivity contribution in [2.45, 2.75) is 18.9 Å². The molecule has 0 aliphatic carbocycles. The van der Waals surface area contributed by atoms with Gasteiger partial charge in [0.2, 0.25) is 0 Å². The normalized spacial score (nSPS) is 19.4. The van der Waals surface area contributed by atoms with E-state index in [1.165, 1.54) is 22.3 Å². The highest BCUT2D eigenvalue weighted by Crippen LogP contribution is 2.36. The zero-order chi connectivity index (χ0) is 16.6. The first-order valence-corrected chi connectivity index (χ1v) is 9.34. The van der Waals surface area contributed by atoms with Crippen LogP contribution in [0.2, 0.25) is 0 Å². The Morgan fingerprint density at radius 2 is 1.36 bits per heavy atom. The van der Waals surface area contributed by atoms with Gasteiger partial charge in [0, 0.05) is 39.0 Å². The molecule has 3 aliphatic heterocycles. The Hall–Kier alpha value is -2.04. The first-order valence-electron chi connectivity index (χ1n) is 9.34. The quantitative estimate of drug-likeness (QED) is 0.934. The van der Waals surface area contributed by atoms with Crippen LogP contribution >= 0.6 is 0 Å². The lowest BCUT2D eigenvalue weighted by Crippen LogP contribution is -2.45. The molecule has 2 aromatic rings. The predicted molar refractivity (Wildman–Crippen MR) is 97.6 cm³/mol. The maximum atomic E-state index is 5.70. The summed E-state index contributed by atoms with van der Waals surface area (Å²) in [7, 11) is 0. The molecular weight excluding hydrogens is 312 g/mol. The minimum atomic E-state index is 0.305. The molecule has 4 heteroatoms. The summed E-state index contributed by atoms with van der Waals surface area (Å²) < 4.78 is 11.4. The van der Waals surface area contributed by atoms with Crippen molar-refractivity contribution in [3.8, 4) is 11.5 Å². The fourth-order valence-electron chi connectivity index (χ4n) is 4.31. The largest absolute Gasteiger partial charge is 0.493 e. The molecule has 0 unspecified atom stereocenters. The van der Waals surface area contributed by atoms with Crippen LogP contribution < -0.4 is 14.8 Å². The smallest absolute Gasteiger partial charge is 0.122 e. The van der Waals surface area contributed by atoms with Crippen LogP contribution in [0.3, 0.4) is 0 Å². The monoisotopic (exact) mass is 336 g/mol. The Kier molecular flexibility index (Phi) is 3.87. The lowest BCUT2D eigenvalue weighted by atomic mass is 9.93. The summed E-state index contributed by atoms with van der Waals surface area (Å²) in [5.41, 5.74) is 5.46. The Bertz CT molecular complexity index is 726. The zero-order valence-electron chi connectivity index (χ0n) is 14.5. The topological polar surface area (TPSA) is 33.7 Å². The molecule has 0 atom stereocenters. The van der Waals surface area contributed by atoms with Crippen LogP contribution in [0, 0.1) is 0 Å². The van der Waals surface area contributed by atoms with Gasteiger partial charge in [-0.15, -0.1) is 0 Å². The van der Waals surface area contributed by atoms with Gasteiger partial charge in [0.25, 0.3) is 0 Å². The van der Waals surface area contributed by atoms with Crippen LogP contribution in [-0.4, -0.2) is 44.3 Å². The van der Waals surface area contributed by atoms with E-state index in [0.717, 1.165) is 63.7 Å². The van der Waals surface area contributed by atoms with E-state index in [4.69, 9.17) is 9.47 Å². The molecule has 2 aromatic carbocycles. The fourth-order valence-corrected chi connectivity index (χ4v) is 4.31. The van der Waals surface area contributed by atoms with E-state index in [-0.39, 0.29) is 0 Å². The van der Waals surface area contributed by atoms with E-state index in [2.05, 4.69) is 46.6 Å². The van der Waals surface area contributed by atoms with Crippen molar-refractivity contribution in [3.05, 3.63) is 58.7 Å². The van der Waals surface area contributed by atoms with Crippen molar-refractivity contribution < 1.29 is 9.47 Å². The summed E-state index contributed by atoms with van der Waals surface area (Å²) in [6.45, 7) is 5.88. The molecule has 5 rings (SSSR count). The van der Waals surface area contributed by atoms with Crippen molar-refractivity contribution in [1.82, 2.24) is 10.2 Å². The Morgan fingerprint density at radius 3 is 1.92 bits per heavy atom. The van der Waals surface area contributed by atoms with Crippen LogP contribution in [0.15, 0.2) is 36.4 Å². The number of fused-ring (bicyclic) bond motifs is 2. The Labute approximate surface area is 148 Å².